The predicted octanol–water partition coefficient (Wildman–Crippen LogP) is 0.503. The van der Waals surface area contributed by atoms with Crippen molar-refractivity contribution in [2.45, 2.75) is 0 Å². The number of amides is 1. The van der Waals surface area contributed by atoms with Gasteiger partial charge in [-0.05, 0) is 12.1 Å². The van der Waals surface area contributed by atoms with Crippen LogP contribution in [0.3, 0.4) is 0 Å². The fourth-order valence-electron chi connectivity index (χ4n) is 1.73. The number of anilines is 1. The van der Waals surface area contributed by atoms with Gasteiger partial charge in [-0.2, -0.15) is 0 Å². The molecule has 0 fully saturated rings. The molecule has 0 saturated heterocycles. The highest BCUT2D eigenvalue weighted by atomic mass is 16.2. The van der Waals surface area contributed by atoms with Gasteiger partial charge in [-0.25, -0.2) is 4.98 Å². The van der Waals surface area contributed by atoms with Crippen LogP contribution in [-0.4, -0.2) is 34.8 Å². The Bertz CT molecular complexity index is 568. The molecule has 0 spiro atoms. The van der Waals surface area contributed by atoms with Crippen molar-refractivity contribution in [1.82, 2.24) is 15.3 Å². The van der Waals surface area contributed by atoms with Gasteiger partial charge in [0.1, 0.15) is 0 Å². The Balaban J connectivity index is 1.82. The highest BCUT2D eigenvalue weighted by molar-refractivity contribution is 6.42. The van der Waals surface area contributed by atoms with Gasteiger partial charge >= 0.3 is 0 Å². The first-order valence-corrected chi connectivity index (χ1v) is 5.37. The van der Waals surface area contributed by atoms with Gasteiger partial charge in [-0.3, -0.25) is 15.1 Å². The Kier molecular flexibility index (Phi) is 2.25. The number of para-hydroxylation sites is 2. The second-order valence-electron chi connectivity index (χ2n) is 3.71. The van der Waals surface area contributed by atoms with Crippen LogP contribution in [-0.2, 0) is 4.79 Å². The molecular weight excluding hydrogens is 218 g/mol. The van der Waals surface area contributed by atoms with E-state index in [1.165, 1.54) is 0 Å². The van der Waals surface area contributed by atoms with Crippen molar-refractivity contribution in [3.05, 3.63) is 24.3 Å². The van der Waals surface area contributed by atoms with Crippen molar-refractivity contribution in [3.63, 3.8) is 0 Å². The number of benzene rings is 1. The van der Waals surface area contributed by atoms with Crippen LogP contribution < -0.4 is 10.6 Å². The first-order valence-electron chi connectivity index (χ1n) is 5.37. The third kappa shape index (κ3) is 1.84. The number of carbonyl (C=O) groups excluding carboxylic acids is 1. The average Bonchev–Trinajstić information content (AvgIpc) is 2.97. The predicted molar refractivity (Wildman–Crippen MR) is 65.0 cm³/mol. The molecular formula is C11H11N5O. The summed E-state index contributed by atoms with van der Waals surface area (Å²) in [5.74, 6) is 0.541. The highest BCUT2D eigenvalue weighted by Gasteiger charge is 2.15. The summed E-state index contributed by atoms with van der Waals surface area (Å²) in [5, 5.41) is 5.58. The van der Waals surface area contributed by atoms with E-state index in [2.05, 4.69) is 25.6 Å². The minimum Gasteiger partial charge on any atom is -0.364 e. The molecule has 1 amide bonds. The molecule has 17 heavy (non-hydrogen) atoms. The quantitative estimate of drug-likeness (QED) is 0.701. The number of rotatable bonds is 2. The van der Waals surface area contributed by atoms with Crippen LogP contribution in [0.15, 0.2) is 29.3 Å². The van der Waals surface area contributed by atoms with E-state index in [1.807, 2.05) is 24.3 Å². The van der Waals surface area contributed by atoms with Crippen LogP contribution in [0.5, 0.6) is 0 Å². The fourth-order valence-corrected chi connectivity index (χ4v) is 1.73. The molecule has 1 aromatic carbocycles. The van der Waals surface area contributed by atoms with Crippen LogP contribution in [0.4, 0.5) is 5.95 Å². The topological polar surface area (TPSA) is 82.2 Å². The van der Waals surface area contributed by atoms with Gasteiger partial charge in [-0.1, -0.05) is 12.1 Å². The van der Waals surface area contributed by atoms with Crippen LogP contribution in [0.1, 0.15) is 0 Å². The molecule has 0 atom stereocenters. The summed E-state index contributed by atoms with van der Waals surface area (Å²) in [6.07, 6.45) is 0. The van der Waals surface area contributed by atoms with Gasteiger partial charge in [0.15, 0.2) is 5.84 Å². The summed E-state index contributed by atoms with van der Waals surface area (Å²) >= 11 is 0. The molecule has 0 radical (unpaired) electrons. The smallest absolute Gasteiger partial charge is 0.293 e. The average molecular weight is 229 g/mol. The number of aliphatic imine (C=N–C) groups is 1. The molecule has 0 unspecified atom stereocenters. The molecule has 1 aromatic heterocycles. The third-order valence-electron chi connectivity index (χ3n) is 2.51. The first kappa shape index (κ1) is 9.83. The lowest BCUT2D eigenvalue weighted by atomic mass is 10.3. The molecule has 6 heteroatoms. The van der Waals surface area contributed by atoms with E-state index in [-0.39, 0.29) is 5.91 Å². The largest absolute Gasteiger partial charge is 0.364 e. The number of H-pyrrole nitrogens is 1. The number of hydrogen-bond donors (Lipinski definition) is 3. The number of aromatic amines is 1. The molecule has 0 bridgehead atoms. The second kappa shape index (κ2) is 3.89. The molecule has 0 aliphatic carbocycles. The van der Waals surface area contributed by atoms with Gasteiger partial charge < -0.3 is 10.3 Å². The second-order valence-corrected chi connectivity index (χ2v) is 3.71. The third-order valence-corrected chi connectivity index (χ3v) is 2.51. The van der Waals surface area contributed by atoms with Crippen LogP contribution >= 0.6 is 0 Å². The van der Waals surface area contributed by atoms with Crippen molar-refractivity contribution in [2.75, 3.05) is 18.4 Å². The number of amidine groups is 1. The van der Waals surface area contributed by atoms with Gasteiger partial charge in [-0.15, -0.1) is 0 Å². The van der Waals surface area contributed by atoms with Crippen LogP contribution in [0.2, 0.25) is 0 Å². The highest BCUT2D eigenvalue weighted by Crippen LogP contribution is 2.13. The van der Waals surface area contributed by atoms with E-state index in [1.54, 1.807) is 0 Å². The number of nitrogens with one attached hydrogen (secondary N) is 3. The minimum absolute atomic E-state index is 0.262. The Hall–Kier alpha value is -2.37. The molecule has 86 valence electrons. The van der Waals surface area contributed by atoms with Gasteiger partial charge in [0.05, 0.1) is 17.6 Å². The number of carbonyl (C=O) groups is 1. The maximum Gasteiger partial charge on any atom is 0.293 e. The molecule has 6 nitrogen and oxygen atoms in total. The van der Waals surface area contributed by atoms with Crippen molar-refractivity contribution in [3.8, 4) is 0 Å². The molecule has 0 saturated carbocycles. The normalized spacial score (nSPS) is 14.5. The van der Waals surface area contributed by atoms with E-state index in [9.17, 15) is 4.79 Å². The minimum atomic E-state index is -0.262. The first-order chi connectivity index (χ1) is 8.33. The lowest BCUT2D eigenvalue weighted by Gasteiger charge is -2.01. The van der Waals surface area contributed by atoms with Crippen molar-refractivity contribution in [1.29, 1.82) is 0 Å². The van der Waals surface area contributed by atoms with Gasteiger partial charge in [0, 0.05) is 6.54 Å². The molecule has 2 heterocycles. The van der Waals surface area contributed by atoms with Crippen molar-refractivity contribution >= 4 is 28.7 Å². The van der Waals surface area contributed by atoms with E-state index in [4.69, 9.17) is 0 Å². The maximum atomic E-state index is 11.7. The number of fused-ring (bicyclic) bond motifs is 1. The molecule has 3 rings (SSSR count). The zero-order valence-electron chi connectivity index (χ0n) is 9.03. The Morgan fingerprint density at radius 3 is 3.00 bits per heavy atom. The standard InChI is InChI=1S/C11H11N5O/c17-10(9-12-5-6-13-9)16-11-14-7-3-1-2-4-8(7)15-11/h1-4H,5-6H2,(H,12,13)(H2,14,15,16,17). The van der Waals surface area contributed by atoms with Gasteiger partial charge in [0.2, 0.25) is 5.95 Å². The van der Waals surface area contributed by atoms with Gasteiger partial charge in [0.25, 0.3) is 5.91 Å². The Morgan fingerprint density at radius 1 is 1.35 bits per heavy atom. The van der Waals surface area contributed by atoms with Crippen LogP contribution in [0.25, 0.3) is 11.0 Å². The Labute approximate surface area is 97.2 Å². The molecule has 1 aliphatic heterocycles. The fraction of sp³-hybridized carbons (Fsp3) is 0.182. The summed E-state index contributed by atoms with van der Waals surface area (Å²) in [6.45, 7) is 1.35. The Morgan fingerprint density at radius 2 is 2.24 bits per heavy atom. The lowest BCUT2D eigenvalue weighted by Crippen LogP contribution is -2.32. The van der Waals surface area contributed by atoms with Crippen molar-refractivity contribution in [2.24, 2.45) is 4.99 Å². The maximum absolute atomic E-state index is 11.7. The molecule has 1 aliphatic rings. The van der Waals surface area contributed by atoms with Crippen molar-refractivity contribution < 1.29 is 4.79 Å². The van der Waals surface area contributed by atoms with Crippen LogP contribution in [0, 0.1) is 0 Å². The zero-order valence-corrected chi connectivity index (χ0v) is 9.03. The summed E-state index contributed by atoms with van der Waals surface area (Å²) < 4.78 is 0. The zero-order chi connectivity index (χ0) is 11.7. The van der Waals surface area contributed by atoms with E-state index >= 15 is 0 Å². The SMILES string of the molecule is O=C(Nc1nc2ccccc2[nH]1)C1=NCCN1. The molecule has 3 N–H and O–H groups in total. The summed E-state index contributed by atoms with van der Waals surface area (Å²) in [4.78, 5) is 23.0. The molecule has 2 aromatic rings. The number of nitrogens with zero attached hydrogens (tertiary/aromatic N) is 2. The van der Waals surface area contributed by atoms with E-state index < -0.39 is 0 Å². The number of aromatic nitrogens is 2. The number of hydrogen-bond acceptors (Lipinski definition) is 4. The summed E-state index contributed by atoms with van der Waals surface area (Å²) in [5.41, 5.74) is 1.72. The van der Waals surface area contributed by atoms with E-state index in [0.717, 1.165) is 11.0 Å². The lowest BCUT2D eigenvalue weighted by molar-refractivity contribution is -0.110. The summed E-state index contributed by atoms with van der Waals surface area (Å²) in [7, 11) is 0. The van der Waals surface area contributed by atoms with E-state index in [0.29, 0.717) is 24.9 Å². The monoisotopic (exact) mass is 229 g/mol. The number of imidazole rings is 1. The summed E-state index contributed by atoms with van der Waals surface area (Å²) in [6, 6.07) is 7.60.